The van der Waals surface area contributed by atoms with E-state index in [1.54, 1.807) is 24.3 Å². The van der Waals surface area contributed by atoms with Gasteiger partial charge in [-0.05, 0) is 45.0 Å². The molecule has 0 radical (unpaired) electrons. The molecule has 0 saturated heterocycles. The molecule has 1 heterocycles. The Kier molecular flexibility index (Phi) is 5.28. The Morgan fingerprint density at radius 2 is 2.00 bits per heavy atom. The highest BCUT2D eigenvalue weighted by Gasteiger charge is 2.13. The third kappa shape index (κ3) is 4.18. The molecule has 27 heavy (non-hydrogen) atoms. The number of anilines is 1. The van der Waals surface area contributed by atoms with Gasteiger partial charge in [0.2, 0.25) is 0 Å². The zero-order chi connectivity index (χ0) is 19.4. The van der Waals surface area contributed by atoms with E-state index in [9.17, 15) is 10.1 Å². The standard InChI is InChI=1S/C22H21N3O2/c1-14(2)27-18-8-6-7-17(12-18)25-22(26)16(13-23)11-20-15(3)24-21-10-5-4-9-19(20)21/h4-12,14,24H,1-3H3,(H,25,26)/b16-11-. The summed E-state index contributed by atoms with van der Waals surface area (Å²) in [6.07, 6.45) is 1.66. The number of fused-ring (bicyclic) bond motifs is 1. The Hall–Kier alpha value is -3.52. The molecule has 0 aliphatic carbocycles. The molecule has 0 bridgehead atoms. The Balaban J connectivity index is 1.87. The van der Waals surface area contributed by atoms with Crippen molar-refractivity contribution in [3.8, 4) is 11.8 Å². The predicted octanol–water partition coefficient (Wildman–Crippen LogP) is 4.81. The summed E-state index contributed by atoms with van der Waals surface area (Å²) >= 11 is 0. The third-order valence-electron chi connectivity index (χ3n) is 4.06. The average Bonchev–Trinajstić information content (AvgIpc) is 2.94. The first-order valence-electron chi connectivity index (χ1n) is 8.75. The largest absolute Gasteiger partial charge is 0.491 e. The van der Waals surface area contributed by atoms with Crippen LogP contribution < -0.4 is 10.1 Å². The van der Waals surface area contributed by atoms with Crippen molar-refractivity contribution >= 4 is 28.6 Å². The number of amides is 1. The normalized spacial score (nSPS) is 11.4. The zero-order valence-electron chi connectivity index (χ0n) is 15.5. The number of nitriles is 1. The molecule has 0 aliphatic rings. The van der Waals surface area contributed by atoms with E-state index in [4.69, 9.17) is 4.74 Å². The highest BCUT2D eigenvalue weighted by atomic mass is 16.5. The lowest BCUT2D eigenvalue weighted by Crippen LogP contribution is -2.14. The van der Waals surface area contributed by atoms with Crippen molar-refractivity contribution < 1.29 is 9.53 Å². The smallest absolute Gasteiger partial charge is 0.266 e. The highest BCUT2D eigenvalue weighted by Crippen LogP contribution is 2.25. The zero-order valence-corrected chi connectivity index (χ0v) is 15.5. The number of aromatic nitrogens is 1. The van der Waals surface area contributed by atoms with Crippen LogP contribution in [-0.2, 0) is 4.79 Å². The first-order valence-corrected chi connectivity index (χ1v) is 8.75. The summed E-state index contributed by atoms with van der Waals surface area (Å²) in [4.78, 5) is 15.9. The first-order chi connectivity index (χ1) is 13.0. The SMILES string of the molecule is Cc1[nH]c2ccccc2c1/C=C(/C#N)C(=O)Nc1cccc(OC(C)C)c1. The molecule has 0 atom stereocenters. The van der Waals surface area contributed by atoms with Crippen LogP contribution in [0.5, 0.6) is 5.75 Å². The van der Waals surface area contributed by atoms with Crippen molar-refractivity contribution in [1.29, 1.82) is 5.26 Å². The number of H-pyrrole nitrogens is 1. The molecule has 0 aliphatic heterocycles. The predicted molar refractivity (Wildman–Crippen MR) is 107 cm³/mol. The summed E-state index contributed by atoms with van der Waals surface area (Å²) in [6, 6.07) is 16.9. The molecule has 2 aromatic carbocycles. The quantitative estimate of drug-likeness (QED) is 0.507. The average molecular weight is 359 g/mol. The van der Waals surface area contributed by atoms with Gasteiger partial charge in [0.1, 0.15) is 17.4 Å². The molecule has 136 valence electrons. The number of nitrogens with zero attached hydrogens (tertiary/aromatic N) is 1. The maximum Gasteiger partial charge on any atom is 0.266 e. The fraction of sp³-hybridized carbons (Fsp3) is 0.182. The minimum atomic E-state index is -0.455. The summed E-state index contributed by atoms with van der Waals surface area (Å²) in [7, 11) is 0. The minimum absolute atomic E-state index is 0.0374. The van der Waals surface area contributed by atoms with E-state index in [1.807, 2.05) is 57.2 Å². The van der Waals surface area contributed by atoms with Crippen LogP contribution in [-0.4, -0.2) is 17.0 Å². The van der Waals surface area contributed by atoms with E-state index in [1.165, 1.54) is 0 Å². The number of aryl methyl sites for hydroxylation is 1. The van der Waals surface area contributed by atoms with Crippen molar-refractivity contribution in [3.63, 3.8) is 0 Å². The van der Waals surface area contributed by atoms with E-state index in [0.29, 0.717) is 11.4 Å². The summed E-state index contributed by atoms with van der Waals surface area (Å²) in [5.41, 5.74) is 3.34. The van der Waals surface area contributed by atoms with Crippen molar-refractivity contribution in [2.45, 2.75) is 26.9 Å². The monoisotopic (exact) mass is 359 g/mol. The molecule has 3 rings (SSSR count). The second kappa shape index (κ2) is 7.79. The van der Waals surface area contributed by atoms with Gasteiger partial charge in [-0.3, -0.25) is 4.79 Å². The number of carbonyl (C=O) groups is 1. The van der Waals surface area contributed by atoms with Gasteiger partial charge < -0.3 is 15.0 Å². The Morgan fingerprint density at radius 3 is 2.74 bits per heavy atom. The minimum Gasteiger partial charge on any atom is -0.491 e. The Morgan fingerprint density at radius 1 is 1.22 bits per heavy atom. The molecular weight excluding hydrogens is 338 g/mol. The van der Waals surface area contributed by atoms with E-state index < -0.39 is 5.91 Å². The number of carbonyl (C=O) groups excluding carboxylic acids is 1. The highest BCUT2D eigenvalue weighted by molar-refractivity contribution is 6.11. The lowest BCUT2D eigenvalue weighted by Gasteiger charge is -2.11. The lowest BCUT2D eigenvalue weighted by molar-refractivity contribution is -0.112. The molecule has 1 aromatic heterocycles. The molecule has 3 aromatic rings. The first kappa shape index (κ1) is 18.3. The van der Waals surface area contributed by atoms with E-state index in [-0.39, 0.29) is 11.7 Å². The van der Waals surface area contributed by atoms with Gasteiger partial charge in [0.05, 0.1) is 6.10 Å². The van der Waals surface area contributed by atoms with Crippen LogP contribution in [0.2, 0.25) is 0 Å². The molecule has 0 saturated carbocycles. The maximum atomic E-state index is 12.6. The van der Waals surface area contributed by atoms with Crippen LogP contribution >= 0.6 is 0 Å². The van der Waals surface area contributed by atoms with Gasteiger partial charge in [-0.2, -0.15) is 5.26 Å². The van der Waals surface area contributed by atoms with Gasteiger partial charge in [-0.1, -0.05) is 24.3 Å². The number of para-hydroxylation sites is 1. The molecule has 2 N–H and O–H groups in total. The molecule has 5 nitrogen and oxygen atoms in total. The van der Waals surface area contributed by atoms with Crippen LogP contribution in [0.25, 0.3) is 17.0 Å². The number of hydrogen-bond donors (Lipinski definition) is 2. The molecular formula is C22H21N3O2. The number of ether oxygens (including phenoxy) is 1. The van der Waals surface area contributed by atoms with Crippen molar-refractivity contribution in [2.24, 2.45) is 0 Å². The molecule has 1 amide bonds. The summed E-state index contributed by atoms with van der Waals surface area (Å²) < 4.78 is 5.64. The number of benzene rings is 2. The number of rotatable bonds is 5. The van der Waals surface area contributed by atoms with Crippen molar-refractivity contribution in [1.82, 2.24) is 4.98 Å². The molecule has 0 fully saturated rings. The fourth-order valence-corrected chi connectivity index (χ4v) is 2.90. The second-order valence-corrected chi connectivity index (χ2v) is 6.53. The van der Waals surface area contributed by atoms with Crippen LogP contribution in [0.4, 0.5) is 5.69 Å². The molecule has 0 unspecified atom stereocenters. The van der Waals surface area contributed by atoms with Gasteiger partial charge >= 0.3 is 0 Å². The van der Waals surface area contributed by atoms with Crippen molar-refractivity contribution in [3.05, 3.63) is 65.4 Å². The van der Waals surface area contributed by atoms with Crippen molar-refractivity contribution in [2.75, 3.05) is 5.32 Å². The van der Waals surface area contributed by atoms with Crippen LogP contribution in [0.15, 0.2) is 54.1 Å². The Bertz CT molecular complexity index is 1050. The second-order valence-electron chi connectivity index (χ2n) is 6.53. The van der Waals surface area contributed by atoms with E-state index >= 15 is 0 Å². The van der Waals surface area contributed by atoms with Gasteiger partial charge in [0.15, 0.2) is 0 Å². The lowest BCUT2D eigenvalue weighted by atomic mass is 10.1. The number of aromatic amines is 1. The van der Waals surface area contributed by atoms with Crippen LogP contribution in [0.3, 0.4) is 0 Å². The molecule has 5 heteroatoms. The topological polar surface area (TPSA) is 77.9 Å². The fourth-order valence-electron chi connectivity index (χ4n) is 2.90. The van der Waals surface area contributed by atoms with E-state index in [0.717, 1.165) is 22.2 Å². The Labute approximate surface area is 158 Å². The summed E-state index contributed by atoms with van der Waals surface area (Å²) in [5, 5.41) is 13.2. The summed E-state index contributed by atoms with van der Waals surface area (Å²) in [5.74, 6) is 0.210. The maximum absolute atomic E-state index is 12.6. The van der Waals surface area contributed by atoms with Gasteiger partial charge in [-0.15, -0.1) is 0 Å². The summed E-state index contributed by atoms with van der Waals surface area (Å²) in [6.45, 7) is 5.79. The number of nitrogens with one attached hydrogen (secondary N) is 2. The van der Waals surface area contributed by atoms with Gasteiger partial charge in [0.25, 0.3) is 5.91 Å². The van der Waals surface area contributed by atoms with Gasteiger partial charge in [0, 0.05) is 33.9 Å². The van der Waals surface area contributed by atoms with Gasteiger partial charge in [-0.25, -0.2) is 0 Å². The van der Waals surface area contributed by atoms with Crippen LogP contribution in [0.1, 0.15) is 25.1 Å². The van der Waals surface area contributed by atoms with E-state index in [2.05, 4.69) is 10.3 Å². The number of hydrogen-bond acceptors (Lipinski definition) is 3. The van der Waals surface area contributed by atoms with Crippen LogP contribution in [0, 0.1) is 18.3 Å². The molecule has 0 spiro atoms. The third-order valence-corrected chi connectivity index (χ3v) is 4.06.